The van der Waals surface area contributed by atoms with Crippen molar-refractivity contribution in [3.63, 3.8) is 0 Å². The van der Waals surface area contributed by atoms with Gasteiger partial charge in [-0.3, -0.25) is 9.69 Å². The van der Waals surface area contributed by atoms with E-state index in [9.17, 15) is 4.79 Å². The molecule has 1 saturated heterocycles. The number of hydrogen-bond acceptors (Lipinski definition) is 5. The van der Waals surface area contributed by atoms with E-state index in [0.717, 1.165) is 26.2 Å². The lowest BCUT2D eigenvalue weighted by Crippen LogP contribution is -2.45. The van der Waals surface area contributed by atoms with E-state index in [2.05, 4.69) is 29.1 Å². The SMILES string of the molecule is CC(C)CN1CCOC(Cn2cc(C=O)nn2)C1. The van der Waals surface area contributed by atoms with Crippen LogP contribution in [0.15, 0.2) is 6.20 Å². The van der Waals surface area contributed by atoms with E-state index in [0.29, 0.717) is 24.4 Å². The van der Waals surface area contributed by atoms with Crippen LogP contribution in [0.5, 0.6) is 0 Å². The van der Waals surface area contributed by atoms with Crippen molar-refractivity contribution in [2.45, 2.75) is 26.5 Å². The third-order valence-corrected chi connectivity index (χ3v) is 2.91. The summed E-state index contributed by atoms with van der Waals surface area (Å²) in [4.78, 5) is 12.9. The minimum atomic E-state index is 0.124. The molecule has 0 amide bonds. The first-order valence-electron chi connectivity index (χ1n) is 6.36. The number of carbonyl (C=O) groups excluding carboxylic acids is 1. The van der Waals surface area contributed by atoms with Gasteiger partial charge in [0.15, 0.2) is 6.29 Å². The number of rotatable bonds is 5. The minimum Gasteiger partial charge on any atom is -0.374 e. The number of aldehydes is 1. The molecule has 0 radical (unpaired) electrons. The van der Waals surface area contributed by atoms with Crippen molar-refractivity contribution < 1.29 is 9.53 Å². The van der Waals surface area contributed by atoms with Crippen molar-refractivity contribution in [1.82, 2.24) is 19.9 Å². The normalized spacial score (nSPS) is 21.4. The van der Waals surface area contributed by atoms with E-state index in [1.165, 1.54) is 0 Å². The van der Waals surface area contributed by atoms with Crippen LogP contribution in [0.3, 0.4) is 0 Å². The van der Waals surface area contributed by atoms with Gasteiger partial charge in [-0.05, 0) is 5.92 Å². The molecule has 0 spiro atoms. The second kappa shape index (κ2) is 6.06. The fraction of sp³-hybridized carbons (Fsp3) is 0.750. The van der Waals surface area contributed by atoms with Gasteiger partial charge in [-0.25, -0.2) is 4.68 Å². The van der Waals surface area contributed by atoms with Crippen molar-refractivity contribution in [2.75, 3.05) is 26.2 Å². The van der Waals surface area contributed by atoms with Crippen LogP contribution in [0.1, 0.15) is 24.3 Å². The van der Waals surface area contributed by atoms with Crippen LogP contribution in [0.4, 0.5) is 0 Å². The Labute approximate surface area is 107 Å². The maximum absolute atomic E-state index is 10.5. The maximum atomic E-state index is 10.5. The summed E-state index contributed by atoms with van der Waals surface area (Å²) in [7, 11) is 0. The highest BCUT2D eigenvalue weighted by Gasteiger charge is 2.21. The second-order valence-electron chi connectivity index (χ2n) is 5.13. The van der Waals surface area contributed by atoms with Gasteiger partial charge in [0.25, 0.3) is 0 Å². The first kappa shape index (κ1) is 13.2. The van der Waals surface area contributed by atoms with Crippen LogP contribution in [0.25, 0.3) is 0 Å². The maximum Gasteiger partial charge on any atom is 0.171 e. The van der Waals surface area contributed by atoms with Crippen LogP contribution in [0.2, 0.25) is 0 Å². The predicted octanol–water partition coefficient (Wildman–Crippen LogP) is 0.447. The third-order valence-electron chi connectivity index (χ3n) is 2.91. The molecule has 6 nitrogen and oxygen atoms in total. The van der Waals surface area contributed by atoms with E-state index in [1.54, 1.807) is 10.9 Å². The lowest BCUT2D eigenvalue weighted by Gasteiger charge is -2.33. The standard InChI is InChI=1S/C12H20N4O2/c1-10(2)5-15-3-4-18-12(7-15)8-16-6-11(9-17)13-14-16/h6,9-10,12H,3-5,7-8H2,1-2H3. The van der Waals surface area contributed by atoms with Gasteiger partial charge in [0.2, 0.25) is 0 Å². The molecular formula is C12H20N4O2. The van der Waals surface area contributed by atoms with Gasteiger partial charge in [-0.15, -0.1) is 5.10 Å². The molecule has 1 aliphatic rings. The minimum absolute atomic E-state index is 0.124. The number of ether oxygens (including phenoxy) is 1. The second-order valence-corrected chi connectivity index (χ2v) is 5.13. The smallest absolute Gasteiger partial charge is 0.171 e. The van der Waals surface area contributed by atoms with Gasteiger partial charge in [-0.2, -0.15) is 0 Å². The van der Waals surface area contributed by atoms with Crippen molar-refractivity contribution >= 4 is 6.29 Å². The molecule has 2 rings (SSSR count). The Kier molecular flexibility index (Phi) is 4.43. The largest absolute Gasteiger partial charge is 0.374 e. The molecule has 0 aromatic carbocycles. The Morgan fingerprint density at radius 1 is 1.61 bits per heavy atom. The molecule has 6 heteroatoms. The molecule has 0 saturated carbocycles. The summed E-state index contributed by atoms with van der Waals surface area (Å²) in [5, 5.41) is 7.65. The van der Waals surface area contributed by atoms with Crippen LogP contribution >= 0.6 is 0 Å². The van der Waals surface area contributed by atoms with Gasteiger partial charge >= 0.3 is 0 Å². The first-order chi connectivity index (χ1) is 8.67. The Morgan fingerprint density at radius 2 is 2.44 bits per heavy atom. The highest BCUT2D eigenvalue weighted by Crippen LogP contribution is 2.09. The topological polar surface area (TPSA) is 60.2 Å². The van der Waals surface area contributed by atoms with E-state index in [4.69, 9.17) is 4.74 Å². The average Bonchev–Trinajstić information content (AvgIpc) is 2.76. The van der Waals surface area contributed by atoms with Gasteiger partial charge in [0, 0.05) is 19.6 Å². The van der Waals surface area contributed by atoms with Crippen LogP contribution in [-0.4, -0.2) is 58.5 Å². The molecule has 1 aromatic rings. The molecule has 1 aliphatic heterocycles. The van der Waals surface area contributed by atoms with Crippen LogP contribution in [0, 0.1) is 5.92 Å². The Morgan fingerprint density at radius 3 is 3.11 bits per heavy atom. The number of nitrogens with zero attached hydrogens (tertiary/aromatic N) is 4. The fourth-order valence-electron chi connectivity index (χ4n) is 2.24. The zero-order valence-corrected chi connectivity index (χ0v) is 11.0. The average molecular weight is 252 g/mol. The summed E-state index contributed by atoms with van der Waals surface area (Å²) in [5.41, 5.74) is 0.366. The number of carbonyl (C=O) groups is 1. The number of hydrogen-bond donors (Lipinski definition) is 0. The summed E-state index contributed by atoms with van der Waals surface area (Å²) >= 11 is 0. The molecule has 0 aliphatic carbocycles. The zero-order valence-electron chi connectivity index (χ0n) is 11.0. The van der Waals surface area contributed by atoms with E-state index in [-0.39, 0.29) is 6.10 Å². The molecule has 1 atom stereocenters. The molecule has 100 valence electrons. The number of aromatic nitrogens is 3. The van der Waals surface area contributed by atoms with Gasteiger partial charge in [-0.1, -0.05) is 19.1 Å². The van der Waals surface area contributed by atoms with Crippen LogP contribution < -0.4 is 0 Å². The van der Waals surface area contributed by atoms with Crippen molar-refractivity contribution in [3.8, 4) is 0 Å². The van der Waals surface area contributed by atoms with Gasteiger partial charge < -0.3 is 4.74 Å². The lowest BCUT2D eigenvalue weighted by molar-refractivity contribution is -0.0406. The highest BCUT2D eigenvalue weighted by atomic mass is 16.5. The third kappa shape index (κ3) is 3.61. The molecule has 1 fully saturated rings. The molecule has 1 aromatic heterocycles. The summed E-state index contributed by atoms with van der Waals surface area (Å²) in [6.07, 6.45) is 2.48. The molecular weight excluding hydrogens is 232 g/mol. The molecule has 2 heterocycles. The Bertz CT molecular complexity index is 391. The molecule has 18 heavy (non-hydrogen) atoms. The Balaban J connectivity index is 1.87. The monoisotopic (exact) mass is 252 g/mol. The van der Waals surface area contributed by atoms with Gasteiger partial charge in [0.05, 0.1) is 25.5 Å². The highest BCUT2D eigenvalue weighted by molar-refractivity contribution is 5.70. The summed E-state index contributed by atoms with van der Waals surface area (Å²) in [5.74, 6) is 0.664. The molecule has 0 N–H and O–H groups in total. The first-order valence-corrected chi connectivity index (χ1v) is 6.36. The van der Waals surface area contributed by atoms with E-state index in [1.807, 2.05) is 0 Å². The zero-order chi connectivity index (χ0) is 13.0. The summed E-state index contributed by atoms with van der Waals surface area (Å²) in [6.45, 7) is 8.84. The van der Waals surface area contributed by atoms with Crippen LogP contribution in [-0.2, 0) is 11.3 Å². The fourth-order valence-corrected chi connectivity index (χ4v) is 2.24. The van der Waals surface area contributed by atoms with E-state index >= 15 is 0 Å². The lowest BCUT2D eigenvalue weighted by atomic mass is 10.2. The summed E-state index contributed by atoms with van der Waals surface area (Å²) in [6, 6.07) is 0. The van der Waals surface area contributed by atoms with Crippen molar-refractivity contribution in [3.05, 3.63) is 11.9 Å². The summed E-state index contributed by atoms with van der Waals surface area (Å²) < 4.78 is 7.39. The quantitative estimate of drug-likeness (QED) is 0.712. The van der Waals surface area contributed by atoms with Crippen molar-refractivity contribution in [2.24, 2.45) is 5.92 Å². The number of morpholine rings is 1. The predicted molar refractivity (Wildman–Crippen MR) is 66.4 cm³/mol. The molecule has 1 unspecified atom stereocenters. The van der Waals surface area contributed by atoms with E-state index < -0.39 is 0 Å². The molecule has 0 bridgehead atoms. The Hall–Kier alpha value is -1.27. The van der Waals surface area contributed by atoms with Gasteiger partial charge in [0.1, 0.15) is 5.69 Å². The van der Waals surface area contributed by atoms with Crippen molar-refractivity contribution in [1.29, 1.82) is 0 Å².